The SMILES string of the molecule is [2H]C(NS(=O)(=O)c1ccc(OCCC)c(-c2nc3c(C([2H])([2H])C([2H])([2H])C)nn(C)c3c(=O)[nH]2)c1)C([2H])([2H])C1CCCN1C([2H])([2H])[2H].[2H]C([2H])(C)Cc1nn(C)c2c(=O)[nH]c(-c3cc(S(=O)(=O)NC([2H])([2H])C([2H])([2H])C4CCCN4C([2H])([2H])[2H])ccc3OCCC)nc12.[2H]C([2H])(CNS(=O)(=O)c1ccc(OCCC)c(-c2nc3c(C([2H])([2H])C([2H])([2H])C)nn(C)c3c(=O)[nH]2)c1)C1CCCN1C([2H])([2H])[2H].[2H]C([2H])([2H])N1CCCC1C([2H])([2H])C([2H])([2H])NS(=O)(=O)c1ccc(OCCC)c(-c2nc3c(C([2H])([2H])C([2H])([2H])C)nn(C)c3c(=O)[nH]2)c1. The van der Waals surface area contributed by atoms with Crippen LogP contribution in [0, 0.1) is 0 Å². The summed E-state index contributed by atoms with van der Waals surface area (Å²) in [5.41, 5.74) is -5.16. The second-order valence-electron chi connectivity index (χ2n) is 33.2. The second-order valence-corrected chi connectivity index (χ2v) is 40.1. The van der Waals surface area contributed by atoms with Crippen molar-refractivity contribution in [1.82, 2.24) is 117 Å². The molecule has 5 unspecified atom stereocenters. The third-order valence-corrected chi connectivity index (χ3v) is 28.0. The number of benzene rings is 4. The Morgan fingerprint density at radius 1 is 0.361 bits per heavy atom. The van der Waals surface area contributed by atoms with Gasteiger partial charge < -0.3 is 58.5 Å². The topological polar surface area (TPSA) is 489 Å². The van der Waals surface area contributed by atoms with E-state index < -0.39 is 242 Å². The summed E-state index contributed by atoms with van der Waals surface area (Å²) in [6, 6.07) is 8.97. The van der Waals surface area contributed by atoms with Gasteiger partial charge in [-0.25, -0.2) is 72.5 Å². The molecule has 44 heteroatoms. The smallest absolute Gasteiger partial charge is 0.277 e. The van der Waals surface area contributed by atoms with Crippen LogP contribution in [0.25, 0.3) is 89.7 Å². The molecule has 0 saturated carbocycles. The van der Waals surface area contributed by atoms with Crippen LogP contribution in [-0.4, -0.2) is 263 Å². The Kier molecular flexibility index (Phi) is 23.7. The molecule has 0 aliphatic carbocycles. The molecule has 8 aromatic heterocycles. The first kappa shape index (κ1) is 68.4. The largest absolute Gasteiger partial charge is 0.493 e. The van der Waals surface area contributed by atoms with Crippen molar-refractivity contribution in [2.24, 2.45) is 28.2 Å². The van der Waals surface area contributed by atoms with E-state index >= 15 is 0 Å². The minimum absolute atomic E-state index is 0.00308. The Labute approximate surface area is 897 Å². The maximum atomic E-state index is 13.6. The fourth-order valence-corrected chi connectivity index (χ4v) is 19.3. The van der Waals surface area contributed by atoms with E-state index in [1.165, 1.54) is 76.2 Å². The van der Waals surface area contributed by atoms with Crippen molar-refractivity contribution >= 4 is 84.2 Å². The summed E-state index contributed by atoms with van der Waals surface area (Å²) in [5.74, 6) is -0.389. The van der Waals surface area contributed by atoms with Crippen LogP contribution in [-0.2, 0) is 93.8 Å². The van der Waals surface area contributed by atoms with Crippen LogP contribution in [0.1, 0.15) is 260 Å². The van der Waals surface area contributed by atoms with Crippen LogP contribution in [0.15, 0.2) is 112 Å². The number of sulfonamides is 4. The number of nitrogens with zero attached hydrogens (tertiary/aromatic N) is 16. The van der Waals surface area contributed by atoms with Crippen LogP contribution in [0.4, 0.5) is 0 Å². The van der Waals surface area contributed by atoms with Gasteiger partial charge in [-0.05, 0) is 255 Å². The highest BCUT2D eigenvalue weighted by atomic mass is 32.2. The van der Waals surface area contributed by atoms with Gasteiger partial charge in [0.25, 0.3) is 22.2 Å². The third-order valence-electron chi connectivity index (χ3n) is 22.8. The average Bonchev–Trinajstić information content (AvgIpc) is 1.57. The second kappa shape index (κ2) is 49.9. The molecule has 8 N–H and O–H groups in total. The highest BCUT2D eigenvalue weighted by Crippen LogP contribution is 2.38. The number of aryl methyl sites for hydroxylation is 8. The number of rotatable bonds is 44. The van der Waals surface area contributed by atoms with Crippen LogP contribution in [0.3, 0.4) is 0 Å². The number of likely N-dealkylation sites (tertiary alicyclic amines) is 4. The van der Waals surface area contributed by atoms with Crippen molar-refractivity contribution in [1.29, 1.82) is 0 Å². The Morgan fingerprint density at radius 3 is 0.917 bits per heavy atom. The number of H-pyrrole nitrogens is 4. The standard InChI is InChI=1S/4C25H36N6O4S/c4*1-5-8-20-22-23(31(4)29-20)25(32)28-24(27-22)19-16-18(10-11-21(19)35-15-6-2)36(33,34)26-13-12-17-9-7-14-30(17)3/h4*10-11,16-17,26H,5-9,12-15H2,1-4H3,(H,27,28,32)/i3D3,5D2,8D2,12D2,13D2;3D3,5D2,8D2,12D2,13D;3D3,5D2,12D2,13D2;3D3,5D2,8D2,12D2. The molecule has 144 heavy (non-hydrogen) atoms. The summed E-state index contributed by atoms with van der Waals surface area (Å²) in [7, 11) is -13.1. The molecule has 0 radical (unpaired) electrons. The lowest BCUT2D eigenvalue weighted by atomic mass is 10.1. The molecular weight excluding hydrogens is 1920 g/mol. The van der Waals surface area contributed by atoms with Gasteiger partial charge in [0.15, 0.2) is 22.1 Å². The molecule has 12 aromatic rings. The quantitative estimate of drug-likeness (QED) is 0.0176. The first-order valence-corrected chi connectivity index (χ1v) is 52.1. The van der Waals surface area contributed by atoms with E-state index in [2.05, 4.69) is 65.0 Å². The maximum Gasteiger partial charge on any atom is 0.277 e. The molecule has 4 aliphatic rings. The molecule has 0 bridgehead atoms. The van der Waals surface area contributed by atoms with Gasteiger partial charge in [-0.3, -0.25) is 37.9 Å². The minimum Gasteiger partial charge on any atom is -0.493 e. The van der Waals surface area contributed by atoms with Gasteiger partial charge >= 0.3 is 0 Å². The maximum absolute atomic E-state index is 13.6. The first-order valence-electron chi connectivity index (χ1n) is 65.7. The van der Waals surface area contributed by atoms with E-state index in [1.807, 2.05) is 32.4 Å². The lowest BCUT2D eigenvalue weighted by Crippen LogP contribution is -2.31. The molecule has 40 nitrogen and oxygen atoms in total. The van der Waals surface area contributed by atoms with Crippen molar-refractivity contribution in [2.45, 2.75) is 253 Å². The van der Waals surface area contributed by atoms with Crippen molar-refractivity contribution < 1.29 is 106 Å². The van der Waals surface area contributed by atoms with E-state index in [4.69, 9.17) is 72.4 Å². The van der Waals surface area contributed by atoms with Crippen LogP contribution in [0.2, 0.25) is 0 Å². The Hall–Kier alpha value is -11.0. The van der Waals surface area contributed by atoms with Crippen molar-refractivity contribution in [2.75, 3.05) is 107 Å². The molecule has 0 spiro atoms. The third kappa shape index (κ3) is 26.5. The fraction of sp³-hybridized carbons (Fsp3) is 0.560. The summed E-state index contributed by atoms with van der Waals surface area (Å²) in [6.07, 6.45) is -23.9. The molecule has 4 saturated heterocycles. The molecule has 5 atom stereocenters. The van der Waals surface area contributed by atoms with E-state index in [-0.39, 0.29) is 214 Å². The number of aromatic nitrogens is 16. The van der Waals surface area contributed by atoms with Gasteiger partial charge in [0.1, 0.15) is 68.4 Å². The Balaban J connectivity index is 0.000000198. The highest BCUT2D eigenvalue weighted by Gasteiger charge is 2.32. The number of aromatic amines is 4. The number of nitrogens with one attached hydrogen (secondary N) is 8. The fourth-order valence-electron chi connectivity index (χ4n) is 15.8. The molecule has 4 aromatic carbocycles. The predicted molar refractivity (Wildman–Crippen MR) is 559 cm³/mol. The molecule has 784 valence electrons. The summed E-state index contributed by atoms with van der Waals surface area (Å²) < 4.78 is 461. The monoisotopic (exact) mass is 2100 g/mol. The van der Waals surface area contributed by atoms with Crippen molar-refractivity contribution in [3.8, 4) is 68.5 Å². The molecule has 0 amide bonds. The zero-order chi connectivity index (χ0) is 138. The van der Waals surface area contributed by atoms with Crippen LogP contribution < -0.4 is 60.1 Å². The van der Waals surface area contributed by atoms with Crippen molar-refractivity contribution in [3.05, 3.63) is 137 Å². The molecular formula is C100H144N24O16S4. The number of fused-ring (bicyclic) bond motifs is 4. The van der Waals surface area contributed by atoms with E-state index in [0.717, 1.165) is 90.8 Å². The van der Waals surface area contributed by atoms with E-state index in [0.29, 0.717) is 44.9 Å². The molecule has 12 heterocycles. The summed E-state index contributed by atoms with van der Waals surface area (Å²) in [6.45, 7) is -7.15. The molecule has 4 aliphatic heterocycles. The van der Waals surface area contributed by atoms with Crippen molar-refractivity contribution in [3.63, 3.8) is 0 Å². The lowest BCUT2D eigenvalue weighted by Gasteiger charge is -2.19. The summed E-state index contributed by atoms with van der Waals surface area (Å²) in [4.78, 5) is 82.5. The van der Waals surface area contributed by atoms with Gasteiger partial charge in [-0.1, -0.05) is 80.9 Å². The van der Waals surface area contributed by atoms with Gasteiger partial charge in [0.2, 0.25) is 40.1 Å². The highest BCUT2D eigenvalue weighted by molar-refractivity contribution is 7.90. The van der Waals surface area contributed by atoms with Crippen LogP contribution in [0.5, 0.6) is 23.0 Å². The summed E-state index contributed by atoms with van der Waals surface area (Å²) >= 11 is 0. The normalized spacial score (nSPS) is 22.6. The Bertz CT molecular complexity index is 9120. The Morgan fingerprint density at radius 2 is 0.632 bits per heavy atom. The zero-order valence-electron chi connectivity index (χ0n) is 120. The van der Waals surface area contributed by atoms with Gasteiger partial charge in [0.05, 0.1) is 91.0 Å². The minimum atomic E-state index is -4.88. The van der Waals surface area contributed by atoms with Crippen LogP contribution >= 0.6 is 0 Å². The summed E-state index contributed by atoms with van der Waals surface area (Å²) in [5, 5.41) is 16.4. The van der Waals surface area contributed by atoms with Gasteiger partial charge in [-0.15, -0.1) is 0 Å². The molecule has 16 rings (SSSR count). The average molecular weight is 2110 g/mol. The number of hydrogen-bond acceptors (Lipinski definition) is 28. The number of ether oxygens (including phenoxy) is 4. The first-order chi connectivity index (χ1) is 83.6. The lowest BCUT2D eigenvalue weighted by molar-refractivity contribution is 0.297. The van der Waals surface area contributed by atoms with Gasteiger partial charge in [-0.2, -0.15) is 20.4 Å². The van der Waals surface area contributed by atoms with Gasteiger partial charge in [0, 0.05) is 132 Å². The van der Waals surface area contributed by atoms with E-state index in [1.54, 1.807) is 9.44 Å². The number of hydrogen-bond donors (Lipinski definition) is 8. The zero-order valence-corrected chi connectivity index (χ0v) is 84.5. The predicted octanol–water partition coefficient (Wildman–Crippen LogP) is 11.3. The molecule has 4 fully saturated rings. The van der Waals surface area contributed by atoms with E-state index in [9.17, 15) is 52.8 Å².